The van der Waals surface area contributed by atoms with Gasteiger partial charge in [-0.05, 0) is 33.6 Å². The number of carbonyl (C=O) groups is 1. The van der Waals surface area contributed by atoms with Crippen molar-refractivity contribution in [2.24, 2.45) is 5.92 Å². The first-order valence-electron chi connectivity index (χ1n) is 6.87. The number of anilines is 2. The van der Waals surface area contributed by atoms with Gasteiger partial charge in [0.25, 0.3) is 0 Å². The predicted molar refractivity (Wildman–Crippen MR) is 76.0 cm³/mol. The molecule has 6 heteroatoms. The molecule has 1 aliphatic rings. The van der Waals surface area contributed by atoms with E-state index in [0.29, 0.717) is 18.8 Å². The maximum absolute atomic E-state index is 11.5. The lowest BCUT2D eigenvalue weighted by Crippen LogP contribution is -2.30. The fraction of sp³-hybridized carbons (Fsp3) is 0.692. The van der Waals surface area contributed by atoms with Crippen LogP contribution in [-0.4, -0.2) is 28.8 Å². The highest BCUT2D eigenvalue weighted by molar-refractivity contribution is 5.80. The van der Waals surface area contributed by atoms with Gasteiger partial charge in [-0.15, -0.1) is 0 Å². The topological polar surface area (TPSA) is 85.0 Å². The van der Waals surface area contributed by atoms with E-state index in [2.05, 4.69) is 29.6 Å². The third kappa shape index (κ3) is 3.19. The number of rotatable bonds is 6. The summed E-state index contributed by atoms with van der Waals surface area (Å²) in [5.41, 5.74) is 7.52. The normalized spacial score (nSPS) is 14.7. The van der Waals surface area contributed by atoms with E-state index in [0.717, 1.165) is 24.4 Å². The van der Waals surface area contributed by atoms with Gasteiger partial charge in [-0.2, -0.15) is 5.10 Å². The molecule has 0 aliphatic heterocycles. The van der Waals surface area contributed by atoms with E-state index in [1.54, 1.807) is 0 Å². The summed E-state index contributed by atoms with van der Waals surface area (Å²) in [5, 5.41) is 10.6. The zero-order chi connectivity index (χ0) is 14.0. The number of nitrogen functional groups attached to an aromatic ring is 1. The second-order valence-electron chi connectivity index (χ2n) is 5.38. The van der Waals surface area contributed by atoms with E-state index in [4.69, 9.17) is 5.73 Å². The van der Waals surface area contributed by atoms with Crippen LogP contribution in [0.4, 0.5) is 11.5 Å². The highest BCUT2D eigenvalue weighted by Gasteiger charge is 2.29. The van der Waals surface area contributed by atoms with Crippen LogP contribution >= 0.6 is 0 Å². The van der Waals surface area contributed by atoms with Crippen LogP contribution in [0.25, 0.3) is 0 Å². The van der Waals surface area contributed by atoms with E-state index >= 15 is 0 Å². The number of hydrogen-bond donors (Lipinski definition) is 3. The molecule has 0 saturated heterocycles. The Morgan fingerprint density at radius 3 is 2.74 bits per heavy atom. The van der Waals surface area contributed by atoms with Gasteiger partial charge < -0.3 is 16.4 Å². The van der Waals surface area contributed by atoms with Crippen molar-refractivity contribution in [2.45, 2.75) is 39.7 Å². The molecule has 106 valence electrons. The van der Waals surface area contributed by atoms with Crippen LogP contribution in [0.5, 0.6) is 0 Å². The standard InChI is InChI=1S/C13H23N5O/c1-8(2)18-12(11(14)9(3)17-18)15-6-7-16-13(19)10-4-5-10/h8,10,15H,4-7,14H2,1-3H3,(H,16,19). The van der Waals surface area contributed by atoms with Crippen molar-refractivity contribution in [3.8, 4) is 0 Å². The molecule has 0 spiro atoms. The predicted octanol–water partition coefficient (Wildman–Crippen LogP) is 1.29. The number of hydrogen-bond acceptors (Lipinski definition) is 4. The molecule has 1 aliphatic carbocycles. The summed E-state index contributed by atoms with van der Waals surface area (Å²) in [5.74, 6) is 1.27. The Bertz CT molecular complexity index is 462. The summed E-state index contributed by atoms with van der Waals surface area (Å²) in [6.45, 7) is 7.28. The molecule has 0 aromatic carbocycles. The third-order valence-corrected chi connectivity index (χ3v) is 3.29. The van der Waals surface area contributed by atoms with E-state index < -0.39 is 0 Å². The summed E-state index contributed by atoms with van der Waals surface area (Å²) in [7, 11) is 0. The molecule has 1 saturated carbocycles. The summed E-state index contributed by atoms with van der Waals surface area (Å²) >= 11 is 0. The summed E-state index contributed by atoms with van der Waals surface area (Å²) in [6.07, 6.45) is 2.07. The fourth-order valence-electron chi connectivity index (χ4n) is 1.97. The van der Waals surface area contributed by atoms with Gasteiger partial charge in [0.05, 0.1) is 11.4 Å². The Kier molecular flexibility index (Phi) is 3.97. The molecule has 0 radical (unpaired) electrons. The molecular formula is C13H23N5O. The van der Waals surface area contributed by atoms with Gasteiger partial charge in [-0.25, -0.2) is 4.68 Å². The number of nitrogens with one attached hydrogen (secondary N) is 2. The zero-order valence-electron chi connectivity index (χ0n) is 11.9. The van der Waals surface area contributed by atoms with Crippen molar-refractivity contribution in [1.29, 1.82) is 0 Å². The Labute approximate surface area is 113 Å². The minimum absolute atomic E-state index is 0.170. The highest BCUT2D eigenvalue weighted by atomic mass is 16.2. The highest BCUT2D eigenvalue weighted by Crippen LogP contribution is 2.28. The van der Waals surface area contributed by atoms with Gasteiger partial charge in [0.1, 0.15) is 5.82 Å². The number of carbonyl (C=O) groups excluding carboxylic acids is 1. The van der Waals surface area contributed by atoms with Gasteiger partial charge in [0, 0.05) is 25.0 Å². The maximum Gasteiger partial charge on any atom is 0.223 e. The van der Waals surface area contributed by atoms with Gasteiger partial charge in [-0.1, -0.05) is 0 Å². The summed E-state index contributed by atoms with van der Waals surface area (Å²) in [4.78, 5) is 11.5. The van der Waals surface area contributed by atoms with Crippen LogP contribution in [-0.2, 0) is 4.79 Å². The van der Waals surface area contributed by atoms with Crippen molar-refractivity contribution in [3.63, 3.8) is 0 Å². The second-order valence-corrected chi connectivity index (χ2v) is 5.38. The molecule has 6 nitrogen and oxygen atoms in total. The third-order valence-electron chi connectivity index (χ3n) is 3.29. The Morgan fingerprint density at radius 2 is 2.16 bits per heavy atom. The molecule has 0 bridgehead atoms. The molecule has 0 atom stereocenters. The average Bonchev–Trinajstić information content (AvgIpc) is 3.15. The minimum atomic E-state index is 0.170. The number of nitrogens with zero attached hydrogens (tertiary/aromatic N) is 2. The summed E-state index contributed by atoms with van der Waals surface area (Å²) < 4.78 is 1.88. The molecular weight excluding hydrogens is 242 g/mol. The molecule has 1 heterocycles. The minimum Gasteiger partial charge on any atom is -0.394 e. The number of aryl methyl sites for hydroxylation is 1. The van der Waals surface area contributed by atoms with Gasteiger partial charge in [0.2, 0.25) is 5.91 Å². The molecule has 19 heavy (non-hydrogen) atoms. The van der Waals surface area contributed by atoms with Gasteiger partial charge in [-0.3, -0.25) is 4.79 Å². The number of nitrogens with two attached hydrogens (primary N) is 1. The van der Waals surface area contributed by atoms with Gasteiger partial charge >= 0.3 is 0 Å². The SMILES string of the molecule is Cc1nn(C(C)C)c(NCCNC(=O)C2CC2)c1N. The largest absolute Gasteiger partial charge is 0.394 e. The lowest BCUT2D eigenvalue weighted by molar-refractivity contribution is -0.122. The van der Waals surface area contributed by atoms with Crippen LogP contribution in [0.1, 0.15) is 38.4 Å². The molecule has 1 amide bonds. The fourth-order valence-corrected chi connectivity index (χ4v) is 1.97. The first kappa shape index (κ1) is 13.7. The number of aromatic nitrogens is 2. The van der Waals surface area contributed by atoms with E-state index in [1.165, 1.54) is 0 Å². The van der Waals surface area contributed by atoms with E-state index in [1.807, 2.05) is 11.6 Å². The molecule has 2 rings (SSSR count). The van der Waals surface area contributed by atoms with Crippen molar-refractivity contribution < 1.29 is 4.79 Å². The van der Waals surface area contributed by atoms with Crippen molar-refractivity contribution in [2.75, 3.05) is 24.1 Å². The number of amides is 1. The zero-order valence-corrected chi connectivity index (χ0v) is 11.9. The second kappa shape index (κ2) is 5.50. The monoisotopic (exact) mass is 265 g/mol. The lowest BCUT2D eigenvalue weighted by Gasteiger charge is -2.13. The van der Waals surface area contributed by atoms with Gasteiger partial charge in [0.15, 0.2) is 0 Å². The van der Waals surface area contributed by atoms with Crippen molar-refractivity contribution >= 4 is 17.4 Å². The van der Waals surface area contributed by atoms with Crippen LogP contribution in [0.2, 0.25) is 0 Å². The van der Waals surface area contributed by atoms with Crippen LogP contribution in [0.15, 0.2) is 0 Å². The average molecular weight is 265 g/mol. The molecule has 0 unspecified atom stereocenters. The molecule has 4 N–H and O–H groups in total. The van der Waals surface area contributed by atoms with Crippen molar-refractivity contribution in [3.05, 3.63) is 5.69 Å². The molecule has 1 aromatic heterocycles. The van der Waals surface area contributed by atoms with Crippen LogP contribution < -0.4 is 16.4 Å². The first-order chi connectivity index (χ1) is 9.00. The Hall–Kier alpha value is -1.72. The lowest BCUT2D eigenvalue weighted by atomic mass is 10.3. The maximum atomic E-state index is 11.5. The van der Waals surface area contributed by atoms with Crippen LogP contribution in [0.3, 0.4) is 0 Å². The Balaban J connectivity index is 1.86. The quantitative estimate of drug-likeness (QED) is 0.677. The first-order valence-corrected chi connectivity index (χ1v) is 6.87. The molecule has 1 aromatic rings. The van der Waals surface area contributed by atoms with E-state index in [-0.39, 0.29) is 17.9 Å². The van der Waals surface area contributed by atoms with E-state index in [9.17, 15) is 4.79 Å². The Morgan fingerprint density at radius 1 is 1.47 bits per heavy atom. The smallest absolute Gasteiger partial charge is 0.223 e. The molecule has 1 fully saturated rings. The van der Waals surface area contributed by atoms with Crippen molar-refractivity contribution in [1.82, 2.24) is 15.1 Å². The summed E-state index contributed by atoms with van der Waals surface area (Å²) in [6, 6.07) is 0.250. The van der Waals surface area contributed by atoms with Crippen LogP contribution in [0, 0.1) is 12.8 Å².